The Bertz CT molecular complexity index is 215. The minimum Gasteiger partial charge on any atom is -0.206 e. The lowest BCUT2D eigenvalue weighted by atomic mass is 10.7. The van der Waals surface area contributed by atoms with Crippen LogP contribution in [0.15, 0.2) is 9.21 Å². The summed E-state index contributed by atoms with van der Waals surface area (Å²) in [6.45, 7) is 0. The minimum atomic E-state index is -1.21. The summed E-state index contributed by atoms with van der Waals surface area (Å²) in [6.07, 6.45) is 0. The van der Waals surface area contributed by atoms with Crippen LogP contribution in [0.1, 0.15) is 0 Å². The molecule has 0 aliphatic carbocycles. The van der Waals surface area contributed by atoms with Gasteiger partial charge in [0.25, 0.3) is 11.9 Å². The first kappa shape index (κ1) is 8.00. The van der Waals surface area contributed by atoms with Gasteiger partial charge in [0.15, 0.2) is 0 Å². The van der Waals surface area contributed by atoms with E-state index in [0.29, 0.717) is 0 Å². The smallest absolute Gasteiger partial charge is 0.206 e. The average Bonchev–Trinajstić information content (AvgIpc) is 1.84. The van der Waals surface area contributed by atoms with E-state index in [2.05, 4.69) is 41.8 Å². The molecular formula is C4Br2F2N2. The van der Waals surface area contributed by atoms with Crippen LogP contribution in [0.5, 0.6) is 0 Å². The lowest BCUT2D eigenvalue weighted by Crippen LogP contribution is -1.95. The van der Waals surface area contributed by atoms with Crippen LogP contribution in [0, 0.1) is 11.9 Å². The number of halogens is 4. The van der Waals surface area contributed by atoms with E-state index >= 15 is 0 Å². The predicted octanol–water partition coefficient (Wildman–Crippen LogP) is 2.28. The molecule has 1 aromatic heterocycles. The maximum absolute atomic E-state index is 12.2. The van der Waals surface area contributed by atoms with Gasteiger partial charge < -0.3 is 0 Å². The van der Waals surface area contributed by atoms with E-state index in [-0.39, 0.29) is 9.21 Å². The number of rotatable bonds is 0. The monoisotopic (exact) mass is 272 g/mol. The fraction of sp³-hybridized carbons (Fsp3) is 0. The van der Waals surface area contributed by atoms with Crippen molar-refractivity contribution in [1.29, 1.82) is 0 Å². The van der Waals surface area contributed by atoms with Gasteiger partial charge in [0, 0.05) is 0 Å². The van der Waals surface area contributed by atoms with Crippen molar-refractivity contribution in [3.63, 3.8) is 0 Å². The molecule has 1 rings (SSSR count). The molecule has 0 N–H and O–H groups in total. The van der Waals surface area contributed by atoms with Crippen LogP contribution in [0.3, 0.4) is 0 Å². The van der Waals surface area contributed by atoms with Crippen molar-refractivity contribution >= 4 is 31.9 Å². The summed E-state index contributed by atoms with van der Waals surface area (Å²) < 4.78 is 24.6. The summed E-state index contributed by atoms with van der Waals surface area (Å²) in [6, 6.07) is 0. The molecule has 1 heterocycles. The Labute approximate surface area is 71.9 Å². The van der Waals surface area contributed by atoms with Gasteiger partial charge in [0.2, 0.25) is 0 Å². The molecule has 0 fully saturated rings. The van der Waals surface area contributed by atoms with Crippen LogP contribution in [0.25, 0.3) is 0 Å². The molecule has 0 saturated carbocycles. The number of aromatic nitrogens is 2. The summed E-state index contributed by atoms with van der Waals surface area (Å²) in [5.74, 6) is -2.43. The zero-order chi connectivity index (χ0) is 7.72. The van der Waals surface area contributed by atoms with E-state index in [1.54, 1.807) is 0 Å². The zero-order valence-corrected chi connectivity index (χ0v) is 7.58. The molecule has 54 valence electrons. The molecule has 0 spiro atoms. The van der Waals surface area contributed by atoms with E-state index in [1.807, 2.05) is 0 Å². The SMILES string of the molecule is Fc1nc(Br)c(Br)nc1F. The van der Waals surface area contributed by atoms with Gasteiger partial charge in [-0.3, -0.25) is 0 Å². The Kier molecular flexibility index (Phi) is 2.30. The van der Waals surface area contributed by atoms with Gasteiger partial charge >= 0.3 is 0 Å². The second-order valence-corrected chi connectivity index (χ2v) is 2.89. The molecule has 10 heavy (non-hydrogen) atoms. The highest BCUT2D eigenvalue weighted by Crippen LogP contribution is 2.18. The molecule has 2 nitrogen and oxygen atoms in total. The topological polar surface area (TPSA) is 25.8 Å². The molecule has 0 aliphatic rings. The number of nitrogens with zero attached hydrogens (tertiary/aromatic N) is 2. The summed E-state index contributed by atoms with van der Waals surface area (Å²) in [4.78, 5) is 6.28. The second-order valence-electron chi connectivity index (χ2n) is 1.39. The first-order valence-electron chi connectivity index (χ1n) is 2.15. The van der Waals surface area contributed by atoms with Crippen LogP contribution in [-0.2, 0) is 0 Å². The van der Waals surface area contributed by atoms with Crippen LogP contribution >= 0.6 is 31.9 Å². The third kappa shape index (κ3) is 1.49. The minimum absolute atomic E-state index is 0.145. The molecule has 0 amide bonds. The van der Waals surface area contributed by atoms with Gasteiger partial charge in [0.1, 0.15) is 9.21 Å². The quantitative estimate of drug-likeness (QED) is 0.725. The number of hydrogen-bond donors (Lipinski definition) is 0. The molecule has 0 atom stereocenters. The third-order valence-electron chi connectivity index (χ3n) is 0.733. The molecule has 0 bridgehead atoms. The normalized spacial score (nSPS) is 10.0. The lowest BCUT2D eigenvalue weighted by molar-refractivity contribution is 0.447. The maximum atomic E-state index is 12.2. The summed E-state index contributed by atoms with van der Waals surface area (Å²) in [5.41, 5.74) is 0. The van der Waals surface area contributed by atoms with Crippen molar-refractivity contribution in [2.24, 2.45) is 0 Å². The fourth-order valence-corrected chi connectivity index (χ4v) is 0.846. The van der Waals surface area contributed by atoms with Crippen molar-refractivity contribution in [3.05, 3.63) is 21.1 Å². The summed E-state index contributed by atoms with van der Waals surface area (Å²) >= 11 is 5.71. The average molecular weight is 274 g/mol. The molecule has 1 aromatic rings. The van der Waals surface area contributed by atoms with Gasteiger partial charge in [-0.25, -0.2) is 9.97 Å². The van der Waals surface area contributed by atoms with Crippen LogP contribution < -0.4 is 0 Å². The predicted molar refractivity (Wildman–Crippen MR) is 37.3 cm³/mol. The lowest BCUT2D eigenvalue weighted by Gasteiger charge is -1.93. The highest BCUT2D eigenvalue weighted by atomic mass is 79.9. The third-order valence-corrected chi connectivity index (χ3v) is 2.37. The molecular weight excluding hydrogens is 274 g/mol. The van der Waals surface area contributed by atoms with E-state index in [0.717, 1.165) is 0 Å². The molecule has 0 aromatic carbocycles. The Morgan fingerprint density at radius 3 is 1.50 bits per heavy atom. The van der Waals surface area contributed by atoms with E-state index in [4.69, 9.17) is 0 Å². The zero-order valence-electron chi connectivity index (χ0n) is 4.41. The first-order chi connectivity index (χ1) is 4.61. The van der Waals surface area contributed by atoms with Gasteiger partial charge in [0.05, 0.1) is 0 Å². The van der Waals surface area contributed by atoms with Crippen molar-refractivity contribution in [1.82, 2.24) is 9.97 Å². The summed E-state index contributed by atoms with van der Waals surface area (Å²) in [7, 11) is 0. The van der Waals surface area contributed by atoms with Crippen LogP contribution in [0.4, 0.5) is 8.78 Å². The van der Waals surface area contributed by atoms with Crippen LogP contribution in [-0.4, -0.2) is 9.97 Å². The molecule has 0 unspecified atom stereocenters. The van der Waals surface area contributed by atoms with E-state index < -0.39 is 11.9 Å². The maximum Gasteiger partial charge on any atom is 0.269 e. The Hall–Kier alpha value is -0.100. The Morgan fingerprint density at radius 2 is 1.20 bits per heavy atom. The Morgan fingerprint density at radius 1 is 0.900 bits per heavy atom. The van der Waals surface area contributed by atoms with Gasteiger partial charge in [-0.15, -0.1) is 0 Å². The second kappa shape index (κ2) is 2.87. The van der Waals surface area contributed by atoms with Crippen molar-refractivity contribution in [2.75, 3.05) is 0 Å². The molecule has 0 radical (unpaired) electrons. The molecule has 0 saturated heterocycles. The highest BCUT2D eigenvalue weighted by molar-refractivity contribution is 9.13. The molecule has 6 heteroatoms. The number of hydrogen-bond acceptors (Lipinski definition) is 2. The molecule has 0 aliphatic heterocycles. The van der Waals surface area contributed by atoms with Crippen LogP contribution in [0.2, 0.25) is 0 Å². The van der Waals surface area contributed by atoms with Crippen molar-refractivity contribution < 1.29 is 8.78 Å². The standard InChI is InChI=1S/C4Br2F2N2/c5-1-2(6)10-4(8)3(7)9-1. The first-order valence-corrected chi connectivity index (χ1v) is 3.74. The van der Waals surface area contributed by atoms with E-state index in [9.17, 15) is 8.78 Å². The Balaban J connectivity index is 3.28. The largest absolute Gasteiger partial charge is 0.269 e. The van der Waals surface area contributed by atoms with Gasteiger partial charge in [-0.1, -0.05) is 0 Å². The van der Waals surface area contributed by atoms with E-state index in [1.165, 1.54) is 0 Å². The fourth-order valence-electron chi connectivity index (χ4n) is 0.357. The van der Waals surface area contributed by atoms with Crippen molar-refractivity contribution in [2.45, 2.75) is 0 Å². The van der Waals surface area contributed by atoms with Crippen molar-refractivity contribution in [3.8, 4) is 0 Å². The summed E-state index contributed by atoms with van der Waals surface area (Å²) in [5, 5.41) is 0. The highest BCUT2D eigenvalue weighted by Gasteiger charge is 2.08. The van der Waals surface area contributed by atoms with Gasteiger partial charge in [-0.05, 0) is 31.9 Å². The van der Waals surface area contributed by atoms with Gasteiger partial charge in [-0.2, -0.15) is 8.78 Å².